The predicted molar refractivity (Wildman–Crippen MR) is 79.5 cm³/mol. The topological polar surface area (TPSA) is 100 Å². The highest BCUT2D eigenvalue weighted by atomic mass is 32.1. The molecule has 0 amide bonds. The molecule has 0 aliphatic heterocycles. The third-order valence-electron chi connectivity index (χ3n) is 2.07. The summed E-state index contributed by atoms with van der Waals surface area (Å²) in [4.78, 5) is 0. The van der Waals surface area contributed by atoms with Crippen molar-refractivity contribution in [1.82, 2.24) is 5.43 Å². The van der Waals surface area contributed by atoms with Crippen LogP contribution >= 0.6 is 12.2 Å². The van der Waals surface area contributed by atoms with E-state index in [2.05, 4.69) is 22.7 Å². The Bertz CT molecular complexity index is 480. The number of hydrogen-bond acceptors (Lipinski definition) is 5. The maximum atomic E-state index is 9.15. The van der Waals surface area contributed by atoms with Gasteiger partial charge in [-0.3, -0.25) is 5.43 Å². The summed E-state index contributed by atoms with van der Waals surface area (Å²) in [5.74, 6) is 0.577. The van der Waals surface area contributed by atoms with Crippen LogP contribution in [0.5, 0.6) is 5.75 Å². The first kappa shape index (κ1) is 15.4. The molecule has 0 unspecified atom stereocenters. The van der Waals surface area contributed by atoms with Crippen molar-refractivity contribution in [1.29, 1.82) is 0 Å². The SMILES string of the molecule is CC(C)Oc1ccc(B(O)O)cc1C=NNC(N)=S. The predicted octanol–water partition coefficient (Wildman–Crippen LogP) is -0.679. The summed E-state index contributed by atoms with van der Waals surface area (Å²) in [5, 5.41) is 22.2. The number of nitrogens with zero attached hydrogens (tertiary/aromatic N) is 1. The highest BCUT2D eigenvalue weighted by molar-refractivity contribution is 7.80. The average Bonchev–Trinajstić information content (AvgIpc) is 2.29. The smallest absolute Gasteiger partial charge is 0.488 e. The molecule has 0 saturated heterocycles. The summed E-state index contributed by atoms with van der Waals surface area (Å²) in [5.41, 5.74) is 8.60. The van der Waals surface area contributed by atoms with Crippen molar-refractivity contribution < 1.29 is 14.8 Å². The van der Waals surface area contributed by atoms with Gasteiger partial charge in [-0.2, -0.15) is 5.10 Å². The number of ether oxygens (including phenoxy) is 1. The van der Waals surface area contributed by atoms with Gasteiger partial charge in [0.05, 0.1) is 12.3 Å². The molecule has 0 saturated carbocycles. The number of thiocarbonyl (C=S) groups is 1. The molecule has 0 heterocycles. The van der Waals surface area contributed by atoms with E-state index in [4.69, 9.17) is 20.5 Å². The van der Waals surface area contributed by atoms with Gasteiger partial charge in [0.25, 0.3) is 0 Å². The van der Waals surface area contributed by atoms with Crippen LogP contribution in [0.2, 0.25) is 0 Å². The Kier molecular flexibility index (Phi) is 5.74. The van der Waals surface area contributed by atoms with Crippen molar-refractivity contribution in [2.45, 2.75) is 20.0 Å². The lowest BCUT2D eigenvalue weighted by atomic mass is 9.79. The maximum Gasteiger partial charge on any atom is 0.488 e. The highest BCUT2D eigenvalue weighted by Gasteiger charge is 2.13. The lowest BCUT2D eigenvalue weighted by Gasteiger charge is -2.13. The summed E-state index contributed by atoms with van der Waals surface area (Å²) in [7, 11) is -1.55. The van der Waals surface area contributed by atoms with E-state index in [9.17, 15) is 0 Å². The van der Waals surface area contributed by atoms with Gasteiger partial charge in [-0.15, -0.1) is 0 Å². The summed E-state index contributed by atoms with van der Waals surface area (Å²) >= 11 is 4.62. The first-order valence-electron chi connectivity index (χ1n) is 5.65. The first-order valence-corrected chi connectivity index (χ1v) is 6.06. The fraction of sp³-hybridized carbons (Fsp3) is 0.273. The molecule has 1 aromatic rings. The van der Waals surface area contributed by atoms with Crippen LogP contribution in [0, 0.1) is 0 Å². The summed E-state index contributed by atoms with van der Waals surface area (Å²) in [6.07, 6.45) is 1.43. The Morgan fingerprint density at radius 1 is 1.53 bits per heavy atom. The fourth-order valence-electron chi connectivity index (χ4n) is 1.36. The Labute approximate surface area is 117 Å². The Balaban J connectivity index is 3.03. The summed E-state index contributed by atoms with van der Waals surface area (Å²) in [6.45, 7) is 3.78. The first-order chi connectivity index (χ1) is 8.90. The van der Waals surface area contributed by atoms with Gasteiger partial charge in [-0.1, -0.05) is 6.07 Å². The number of rotatable bonds is 5. The lowest BCUT2D eigenvalue weighted by molar-refractivity contribution is 0.242. The number of hydrazone groups is 1. The van der Waals surface area contributed by atoms with Gasteiger partial charge < -0.3 is 20.5 Å². The van der Waals surface area contributed by atoms with E-state index in [-0.39, 0.29) is 11.2 Å². The van der Waals surface area contributed by atoms with E-state index < -0.39 is 7.12 Å². The van der Waals surface area contributed by atoms with Crippen LogP contribution in [0.15, 0.2) is 23.3 Å². The van der Waals surface area contributed by atoms with E-state index >= 15 is 0 Å². The minimum absolute atomic E-state index is 0.0133. The second kappa shape index (κ2) is 7.08. The van der Waals surface area contributed by atoms with E-state index in [1.165, 1.54) is 6.21 Å². The zero-order valence-corrected chi connectivity index (χ0v) is 11.5. The molecule has 0 aromatic heterocycles. The second-order valence-corrected chi connectivity index (χ2v) is 4.51. The summed E-state index contributed by atoms with van der Waals surface area (Å²) < 4.78 is 5.59. The van der Waals surface area contributed by atoms with Crippen LogP contribution in [0.3, 0.4) is 0 Å². The molecule has 6 nitrogen and oxygen atoms in total. The van der Waals surface area contributed by atoms with E-state index in [1.807, 2.05) is 13.8 Å². The molecule has 0 aliphatic carbocycles. The zero-order valence-electron chi connectivity index (χ0n) is 10.7. The van der Waals surface area contributed by atoms with Crippen LogP contribution < -0.4 is 21.4 Å². The zero-order chi connectivity index (χ0) is 14.4. The van der Waals surface area contributed by atoms with E-state index in [0.717, 1.165) is 0 Å². The van der Waals surface area contributed by atoms with E-state index in [0.29, 0.717) is 16.8 Å². The van der Waals surface area contributed by atoms with Gasteiger partial charge in [0.15, 0.2) is 5.11 Å². The summed E-state index contributed by atoms with van der Waals surface area (Å²) in [6, 6.07) is 4.78. The Hall–Kier alpha value is -1.64. The molecular weight excluding hydrogens is 265 g/mol. The van der Waals surface area contributed by atoms with Gasteiger partial charge in [0.1, 0.15) is 5.75 Å². The Morgan fingerprint density at radius 3 is 2.74 bits per heavy atom. The number of nitrogens with one attached hydrogen (secondary N) is 1. The molecule has 5 N–H and O–H groups in total. The van der Waals surface area contributed by atoms with Gasteiger partial charge in [0.2, 0.25) is 0 Å². The molecule has 0 radical (unpaired) electrons. The average molecular weight is 281 g/mol. The van der Waals surface area contributed by atoms with Crippen molar-refractivity contribution in [3.63, 3.8) is 0 Å². The van der Waals surface area contributed by atoms with Gasteiger partial charge in [-0.25, -0.2) is 0 Å². The van der Waals surface area contributed by atoms with Crippen LogP contribution in [0.4, 0.5) is 0 Å². The van der Waals surface area contributed by atoms with Crippen molar-refractivity contribution in [2.24, 2.45) is 10.8 Å². The van der Waals surface area contributed by atoms with Gasteiger partial charge in [-0.05, 0) is 43.7 Å². The van der Waals surface area contributed by atoms with Crippen molar-refractivity contribution in [3.8, 4) is 5.75 Å². The largest absolute Gasteiger partial charge is 0.490 e. The normalized spacial score (nSPS) is 10.8. The van der Waals surface area contributed by atoms with Crippen molar-refractivity contribution in [3.05, 3.63) is 23.8 Å². The van der Waals surface area contributed by atoms with Gasteiger partial charge >= 0.3 is 7.12 Å². The number of hydrogen-bond donors (Lipinski definition) is 4. The Morgan fingerprint density at radius 2 is 2.21 bits per heavy atom. The third kappa shape index (κ3) is 5.25. The van der Waals surface area contributed by atoms with Gasteiger partial charge in [0, 0.05) is 5.56 Å². The molecular formula is C11H16BN3O3S. The molecule has 19 heavy (non-hydrogen) atoms. The highest BCUT2D eigenvalue weighted by Crippen LogP contribution is 2.16. The van der Waals surface area contributed by atoms with Crippen LogP contribution in [-0.2, 0) is 0 Å². The van der Waals surface area contributed by atoms with Crippen LogP contribution in [0.25, 0.3) is 0 Å². The molecule has 1 rings (SSSR count). The molecule has 1 aromatic carbocycles. The molecule has 0 atom stereocenters. The minimum atomic E-state index is -1.55. The maximum absolute atomic E-state index is 9.15. The molecule has 8 heteroatoms. The monoisotopic (exact) mass is 281 g/mol. The van der Waals surface area contributed by atoms with Crippen molar-refractivity contribution in [2.75, 3.05) is 0 Å². The third-order valence-corrected chi connectivity index (χ3v) is 2.16. The van der Waals surface area contributed by atoms with E-state index in [1.54, 1.807) is 18.2 Å². The molecule has 0 spiro atoms. The minimum Gasteiger partial charge on any atom is -0.490 e. The quantitative estimate of drug-likeness (QED) is 0.247. The molecule has 0 bridgehead atoms. The standard InChI is InChI=1S/C11H16BN3O3S/c1-7(2)18-10-4-3-9(12(16)17)5-8(10)6-14-15-11(13)19/h3-7,16-17H,1-2H3,(H3,13,15,19). The molecule has 102 valence electrons. The number of benzene rings is 1. The fourth-order valence-corrected chi connectivity index (χ4v) is 1.41. The molecule has 0 aliphatic rings. The van der Waals surface area contributed by atoms with Crippen molar-refractivity contribution >= 4 is 36.1 Å². The molecule has 0 fully saturated rings. The number of nitrogens with two attached hydrogens (primary N) is 1. The van der Waals surface area contributed by atoms with Crippen LogP contribution in [0.1, 0.15) is 19.4 Å². The second-order valence-electron chi connectivity index (χ2n) is 4.07. The lowest BCUT2D eigenvalue weighted by Crippen LogP contribution is -2.30. The van der Waals surface area contributed by atoms with Crippen LogP contribution in [-0.4, -0.2) is 34.6 Å².